The maximum absolute atomic E-state index is 12.7. The summed E-state index contributed by atoms with van der Waals surface area (Å²) in [6.45, 7) is 1.78. The number of ether oxygens (including phenoxy) is 1. The number of carbonyl (C=O) groups is 1. The second-order valence-corrected chi connectivity index (χ2v) is 3.15. The molecule has 4 nitrogen and oxygen atoms in total. The monoisotopic (exact) mass is 240 g/mol. The highest BCUT2D eigenvalue weighted by Gasteiger charge is 2.19. The minimum Gasteiger partial charge on any atom is -0.466 e. The van der Waals surface area contributed by atoms with E-state index < -0.39 is 18.0 Å². The Morgan fingerprint density at radius 3 is 2.82 bits per heavy atom. The maximum Gasteiger partial charge on any atom is 0.310 e. The summed E-state index contributed by atoms with van der Waals surface area (Å²) in [7, 11) is 0. The van der Waals surface area contributed by atoms with E-state index in [1.165, 1.54) is 0 Å². The number of nitrogens with zero attached hydrogens (tertiary/aromatic N) is 2. The van der Waals surface area contributed by atoms with Gasteiger partial charge < -0.3 is 4.74 Å². The number of pyridine rings is 1. The first kappa shape index (κ1) is 13.0. The molecule has 0 bridgehead atoms. The first-order valence-corrected chi connectivity index (χ1v) is 4.90. The number of rotatable bonds is 4. The van der Waals surface area contributed by atoms with Gasteiger partial charge in [-0.05, 0) is 12.5 Å². The average molecular weight is 240 g/mol. The standard InChI is InChI=1S/C11H10F2N2O2/c1-2-17-10(16)3-8-7(4-14)5-15-6-9(8)11(12)13/h5-6,11H,2-3H2,1H3. The fraction of sp³-hybridized carbons (Fsp3) is 0.364. The van der Waals surface area contributed by atoms with E-state index in [-0.39, 0.29) is 24.2 Å². The van der Waals surface area contributed by atoms with Gasteiger partial charge in [0, 0.05) is 18.0 Å². The SMILES string of the molecule is CCOC(=O)Cc1c(C#N)cncc1C(F)F. The number of esters is 1. The van der Waals surface area contributed by atoms with Crippen LogP contribution in [0, 0.1) is 11.3 Å². The average Bonchev–Trinajstić information content (AvgIpc) is 2.29. The van der Waals surface area contributed by atoms with Crippen molar-refractivity contribution in [1.82, 2.24) is 4.98 Å². The zero-order valence-corrected chi connectivity index (χ0v) is 9.11. The Morgan fingerprint density at radius 1 is 1.59 bits per heavy atom. The van der Waals surface area contributed by atoms with E-state index in [2.05, 4.69) is 9.72 Å². The predicted octanol–water partition coefficient (Wildman–Crippen LogP) is 2.00. The number of alkyl halides is 2. The lowest BCUT2D eigenvalue weighted by molar-refractivity contribution is -0.142. The molecule has 0 spiro atoms. The maximum atomic E-state index is 12.7. The molecule has 0 saturated heterocycles. The van der Waals surface area contributed by atoms with E-state index in [1.54, 1.807) is 13.0 Å². The van der Waals surface area contributed by atoms with Crippen LogP contribution < -0.4 is 0 Å². The van der Waals surface area contributed by atoms with Crippen molar-refractivity contribution < 1.29 is 18.3 Å². The summed E-state index contributed by atoms with van der Waals surface area (Å²) in [4.78, 5) is 14.8. The third kappa shape index (κ3) is 3.21. The van der Waals surface area contributed by atoms with Gasteiger partial charge in [-0.15, -0.1) is 0 Å². The van der Waals surface area contributed by atoms with Crippen LogP contribution in [-0.4, -0.2) is 17.6 Å². The molecule has 0 amide bonds. The molecule has 1 aromatic rings. The van der Waals surface area contributed by atoms with Crippen LogP contribution in [0.1, 0.15) is 30.0 Å². The van der Waals surface area contributed by atoms with Crippen molar-refractivity contribution >= 4 is 5.97 Å². The molecule has 0 aliphatic carbocycles. The molecule has 6 heteroatoms. The van der Waals surface area contributed by atoms with Gasteiger partial charge in [-0.25, -0.2) is 8.78 Å². The van der Waals surface area contributed by atoms with Gasteiger partial charge in [-0.1, -0.05) is 0 Å². The van der Waals surface area contributed by atoms with Crippen LogP contribution in [0.3, 0.4) is 0 Å². The lowest BCUT2D eigenvalue weighted by atomic mass is 10.0. The minimum absolute atomic E-state index is 0.0176. The smallest absolute Gasteiger partial charge is 0.310 e. The molecule has 0 aromatic carbocycles. The first-order valence-electron chi connectivity index (χ1n) is 4.90. The highest BCUT2D eigenvalue weighted by molar-refractivity contribution is 5.74. The molecule has 0 fully saturated rings. The van der Waals surface area contributed by atoms with Crippen LogP contribution in [0.25, 0.3) is 0 Å². The Labute approximate surface area is 96.8 Å². The Kier molecular flexibility index (Phi) is 4.52. The molecular formula is C11H10F2N2O2. The lowest BCUT2D eigenvalue weighted by Crippen LogP contribution is -2.11. The van der Waals surface area contributed by atoms with Crippen LogP contribution in [0.15, 0.2) is 12.4 Å². The van der Waals surface area contributed by atoms with Gasteiger partial charge in [-0.3, -0.25) is 9.78 Å². The van der Waals surface area contributed by atoms with Crippen molar-refractivity contribution in [1.29, 1.82) is 5.26 Å². The number of hydrogen-bond acceptors (Lipinski definition) is 4. The third-order valence-electron chi connectivity index (χ3n) is 2.07. The zero-order chi connectivity index (χ0) is 12.8. The number of hydrogen-bond donors (Lipinski definition) is 0. The molecule has 90 valence electrons. The normalized spacial score (nSPS) is 10.1. The molecule has 1 heterocycles. The van der Waals surface area contributed by atoms with Crippen LogP contribution in [0.5, 0.6) is 0 Å². The zero-order valence-electron chi connectivity index (χ0n) is 9.11. The van der Waals surface area contributed by atoms with Gasteiger partial charge in [-0.2, -0.15) is 5.26 Å². The molecule has 0 radical (unpaired) electrons. The molecular weight excluding hydrogens is 230 g/mol. The van der Waals surface area contributed by atoms with Gasteiger partial charge >= 0.3 is 5.97 Å². The number of halogens is 2. The lowest BCUT2D eigenvalue weighted by Gasteiger charge is -2.09. The van der Waals surface area contributed by atoms with Gasteiger partial charge in [0.1, 0.15) is 6.07 Å². The Morgan fingerprint density at radius 2 is 2.29 bits per heavy atom. The van der Waals surface area contributed by atoms with E-state index in [0.717, 1.165) is 12.4 Å². The van der Waals surface area contributed by atoms with E-state index in [9.17, 15) is 13.6 Å². The second-order valence-electron chi connectivity index (χ2n) is 3.15. The van der Waals surface area contributed by atoms with Crippen molar-refractivity contribution in [2.75, 3.05) is 6.61 Å². The fourth-order valence-corrected chi connectivity index (χ4v) is 1.34. The summed E-state index contributed by atoms with van der Waals surface area (Å²) in [6.07, 6.45) is -1.01. The summed E-state index contributed by atoms with van der Waals surface area (Å²) in [5.41, 5.74) is -0.455. The van der Waals surface area contributed by atoms with Crippen molar-refractivity contribution in [3.63, 3.8) is 0 Å². The molecule has 0 aliphatic rings. The van der Waals surface area contributed by atoms with Gasteiger partial charge in [0.05, 0.1) is 18.6 Å². The molecule has 0 saturated carbocycles. The Hall–Kier alpha value is -2.03. The topological polar surface area (TPSA) is 63.0 Å². The van der Waals surface area contributed by atoms with Crippen LogP contribution in [0.4, 0.5) is 8.78 Å². The predicted molar refractivity (Wildman–Crippen MR) is 54.2 cm³/mol. The second kappa shape index (κ2) is 5.89. The quantitative estimate of drug-likeness (QED) is 0.755. The fourth-order valence-electron chi connectivity index (χ4n) is 1.34. The molecule has 17 heavy (non-hydrogen) atoms. The molecule has 0 N–H and O–H groups in total. The van der Waals surface area contributed by atoms with Crippen molar-refractivity contribution in [2.45, 2.75) is 19.8 Å². The number of aromatic nitrogens is 1. The highest BCUT2D eigenvalue weighted by atomic mass is 19.3. The van der Waals surface area contributed by atoms with E-state index in [1.807, 2.05) is 0 Å². The largest absolute Gasteiger partial charge is 0.466 e. The summed E-state index contributed by atoms with van der Waals surface area (Å²) < 4.78 is 30.0. The van der Waals surface area contributed by atoms with E-state index >= 15 is 0 Å². The summed E-state index contributed by atoms with van der Waals surface area (Å²) in [5, 5.41) is 8.78. The molecule has 0 unspecified atom stereocenters. The Balaban J connectivity index is 3.10. The Bertz CT molecular complexity index is 455. The molecule has 0 aliphatic heterocycles. The van der Waals surface area contributed by atoms with E-state index in [4.69, 9.17) is 5.26 Å². The van der Waals surface area contributed by atoms with Gasteiger partial charge in [0.15, 0.2) is 0 Å². The third-order valence-corrected chi connectivity index (χ3v) is 2.07. The van der Waals surface area contributed by atoms with Crippen LogP contribution >= 0.6 is 0 Å². The van der Waals surface area contributed by atoms with Crippen LogP contribution in [0.2, 0.25) is 0 Å². The highest BCUT2D eigenvalue weighted by Crippen LogP contribution is 2.24. The summed E-state index contributed by atoms with van der Waals surface area (Å²) in [6, 6.07) is 1.73. The van der Waals surface area contributed by atoms with Crippen molar-refractivity contribution in [3.05, 3.63) is 29.1 Å². The number of nitriles is 1. The van der Waals surface area contributed by atoms with Gasteiger partial charge in [0.2, 0.25) is 0 Å². The number of carbonyl (C=O) groups excluding carboxylic acids is 1. The minimum atomic E-state index is -2.78. The van der Waals surface area contributed by atoms with Crippen molar-refractivity contribution in [2.24, 2.45) is 0 Å². The summed E-state index contributed by atoms with van der Waals surface area (Å²) >= 11 is 0. The van der Waals surface area contributed by atoms with Crippen LogP contribution in [-0.2, 0) is 16.0 Å². The summed E-state index contributed by atoms with van der Waals surface area (Å²) in [5.74, 6) is -0.642. The first-order chi connectivity index (χ1) is 8.10. The molecule has 0 atom stereocenters. The van der Waals surface area contributed by atoms with E-state index in [0.29, 0.717) is 0 Å². The molecule has 1 aromatic heterocycles. The molecule has 1 rings (SSSR count). The van der Waals surface area contributed by atoms with Gasteiger partial charge in [0.25, 0.3) is 6.43 Å². The van der Waals surface area contributed by atoms with Crippen molar-refractivity contribution in [3.8, 4) is 6.07 Å².